The molecule has 0 amide bonds. The van der Waals surface area contributed by atoms with Crippen molar-refractivity contribution < 1.29 is 4.74 Å². The summed E-state index contributed by atoms with van der Waals surface area (Å²) in [5, 5.41) is 3.74. The summed E-state index contributed by atoms with van der Waals surface area (Å²) in [7, 11) is 0. The lowest BCUT2D eigenvalue weighted by Gasteiger charge is -2.28. The summed E-state index contributed by atoms with van der Waals surface area (Å²) in [4.78, 5) is 0. The van der Waals surface area contributed by atoms with Gasteiger partial charge in [-0.15, -0.1) is 0 Å². The summed E-state index contributed by atoms with van der Waals surface area (Å²) in [5.41, 5.74) is -0.0839. The predicted octanol–water partition coefficient (Wildman–Crippen LogP) is 2.17. The number of aromatic nitrogens is 2. The number of rotatable bonds is 2. The Labute approximate surface area is 91.9 Å². The van der Waals surface area contributed by atoms with Gasteiger partial charge < -0.3 is 10.1 Å². The van der Waals surface area contributed by atoms with Crippen LogP contribution in [0.3, 0.4) is 0 Å². The van der Waals surface area contributed by atoms with Gasteiger partial charge in [-0.3, -0.25) is 0 Å². The minimum atomic E-state index is -0.0839. The maximum absolute atomic E-state index is 5.86. The van der Waals surface area contributed by atoms with E-state index in [9.17, 15) is 0 Å². The molecule has 1 aromatic heterocycles. The molecule has 4 nitrogen and oxygen atoms in total. The molecule has 14 heavy (non-hydrogen) atoms. The molecule has 1 aliphatic rings. The predicted molar refractivity (Wildman–Crippen MR) is 57.0 cm³/mol. The van der Waals surface area contributed by atoms with Gasteiger partial charge >= 0.3 is 0 Å². The van der Waals surface area contributed by atoms with Crippen molar-refractivity contribution >= 4 is 29.1 Å². The molecule has 2 atom stereocenters. The Kier molecular flexibility index (Phi) is 2.64. The molecule has 0 spiro atoms. The van der Waals surface area contributed by atoms with E-state index in [0.29, 0.717) is 11.0 Å². The Balaban J connectivity index is 2.14. The van der Waals surface area contributed by atoms with Gasteiger partial charge in [0.2, 0.25) is 0 Å². The molecule has 2 heterocycles. The molecule has 0 bridgehead atoms. The zero-order valence-corrected chi connectivity index (χ0v) is 9.65. The number of anilines is 1. The van der Waals surface area contributed by atoms with Gasteiger partial charge in [-0.1, -0.05) is 11.6 Å². The summed E-state index contributed by atoms with van der Waals surface area (Å²) in [6.07, 6.45) is 1.13. The van der Waals surface area contributed by atoms with Crippen LogP contribution in [0, 0.1) is 0 Å². The van der Waals surface area contributed by atoms with Crippen LogP contribution in [0.15, 0.2) is 0 Å². The van der Waals surface area contributed by atoms with E-state index in [1.807, 2.05) is 6.92 Å². The Hall–Kier alpha value is -0.390. The monoisotopic (exact) mass is 233 g/mol. The fourth-order valence-electron chi connectivity index (χ4n) is 1.52. The molecule has 0 aliphatic carbocycles. The molecular formula is C8H12ClN3OS. The van der Waals surface area contributed by atoms with Gasteiger partial charge in [0.1, 0.15) is 0 Å². The normalized spacial score (nSPS) is 32.1. The van der Waals surface area contributed by atoms with Crippen LogP contribution < -0.4 is 5.32 Å². The summed E-state index contributed by atoms with van der Waals surface area (Å²) in [6, 6.07) is 0. The van der Waals surface area contributed by atoms with Crippen LogP contribution in [0.25, 0.3) is 0 Å². The van der Waals surface area contributed by atoms with Crippen molar-refractivity contribution in [2.75, 3.05) is 11.9 Å². The first kappa shape index (κ1) is 10.1. The van der Waals surface area contributed by atoms with Gasteiger partial charge in [0.25, 0.3) is 0 Å². The number of nitrogens with zero attached hydrogens (tertiary/aromatic N) is 2. The van der Waals surface area contributed by atoms with Gasteiger partial charge in [0.05, 0.1) is 23.4 Å². The van der Waals surface area contributed by atoms with Crippen LogP contribution in [0.4, 0.5) is 5.82 Å². The molecule has 6 heteroatoms. The zero-order valence-electron chi connectivity index (χ0n) is 8.08. The standard InChI is InChI=1S/C8H12ClN3OS/c1-5-8(2,3-4-13-5)10-7-6(9)11-14-12-7/h5H,3-4H2,1-2H3,(H,10,12). The van der Waals surface area contributed by atoms with Crippen LogP contribution in [0.5, 0.6) is 0 Å². The number of hydrogen-bond acceptors (Lipinski definition) is 5. The first-order valence-corrected chi connectivity index (χ1v) is 5.60. The van der Waals surface area contributed by atoms with E-state index in [1.54, 1.807) is 0 Å². The van der Waals surface area contributed by atoms with Crippen molar-refractivity contribution in [1.82, 2.24) is 8.75 Å². The second-order valence-electron chi connectivity index (χ2n) is 3.71. The molecule has 1 saturated heterocycles. The molecule has 2 unspecified atom stereocenters. The molecule has 1 N–H and O–H groups in total. The summed E-state index contributed by atoms with van der Waals surface area (Å²) < 4.78 is 13.5. The fourth-order valence-corrected chi connectivity index (χ4v) is 2.17. The molecule has 2 rings (SSSR count). The molecule has 0 saturated carbocycles. The first-order chi connectivity index (χ1) is 6.62. The number of ether oxygens (including phenoxy) is 1. The minimum Gasteiger partial charge on any atom is -0.376 e. The van der Waals surface area contributed by atoms with Gasteiger partial charge in [-0.05, 0) is 20.3 Å². The van der Waals surface area contributed by atoms with Crippen molar-refractivity contribution in [3.8, 4) is 0 Å². The topological polar surface area (TPSA) is 47.0 Å². The van der Waals surface area contributed by atoms with Crippen molar-refractivity contribution in [1.29, 1.82) is 0 Å². The van der Waals surface area contributed by atoms with Crippen LogP contribution in [0.2, 0.25) is 5.15 Å². The number of hydrogen-bond donors (Lipinski definition) is 1. The number of nitrogens with one attached hydrogen (secondary N) is 1. The van der Waals surface area contributed by atoms with Crippen LogP contribution in [-0.4, -0.2) is 27.0 Å². The van der Waals surface area contributed by atoms with Gasteiger partial charge in [-0.2, -0.15) is 8.75 Å². The Bertz CT molecular complexity index is 332. The number of halogens is 1. The first-order valence-electron chi connectivity index (χ1n) is 4.50. The molecule has 1 aliphatic heterocycles. The highest BCUT2D eigenvalue weighted by molar-refractivity contribution is 6.99. The third-order valence-corrected chi connectivity index (χ3v) is 3.63. The second-order valence-corrected chi connectivity index (χ2v) is 4.60. The largest absolute Gasteiger partial charge is 0.376 e. The van der Waals surface area contributed by atoms with Gasteiger partial charge in [0, 0.05) is 6.61 Å². The molecule has 78 valence electrons. The lowest BCUT2D eigenvalue weighted by molar-refractivity contribution is 0.105. The molecule has 1 aromatic rings. The van der Waals surface area contributed by atoms with E-state index in [-0.39, 0.29) is 11.6 Å². The fraction of sp³-hybridized carbons (Fsp3) is 0.750. The van der Waals surface area contributed by atoms with Crippen LogP contribution in [0.1, 0.15) is 20.3 Å². The smallest absolute Gasteiger partial charge is 0.186 e. The SMILES string of the molecule is CC1OCCC1(C)Nc1nsnc1Cl. The van der Waals surface area contributed by atoms with Gasteiger partial charge in [-0.25, -0.2) is 0 Å². The summed E-state index contributed by atoms with van der Waals surface area (Å²) in [6.45, 7) is 4.94. The van der Waals surface area contributed by atoms with Crippen LogP contribution in [-0.2, 0) is 4.74 Å². The van der Waals surface area contributed by atoms with E-state index in [1.165, 1.54) is 0 Å². The average molecular weight is 234 g/mol. The zero-order chi connectivity index (χ0) is 10.2. The average Bonchev–Trinajstić information content (AvgIpc) is 2.64. The highest BCUT2D eigenvalue weighted by Gasteiger charge is 2.37. The van der Waals surface area contributed by atoms with Crippen molar-refractivity contribution in [3.05, 3.63) is 5.15 Å². The Morgan fingerprint density at radius 2 is 2.43 bits per heavy atom. The molecule has 1 fully saturated rings. The highest BCUT2D eigenvalue weighted by atomic mass is 35.5. The quantitative estimate of drug-likeness (QED) is 0.851. The maximum atomic E-state index is 5.86. The third-order valence-electron chi connectivity index (χ3n) is 2.74. The Morgan fingerprint density at radius 1 is 1.64 bits per heavy atom. The third kappa shape index (κ3) is 1.71. The molecule has 0 aromatic carbocycles. The van der Waals surface area contributed by atoms with E-state index in [2.05, 4.69) is 21.0 Å². The van der Waals surface area contributed by atoms with Gasteiger partial charge in [0.15, 0.2) is 11.0 Å². The summed E-state index contributed by atoms with van der Waals surface area (Å²) >= 11 is 6.98. The van der Waals surface area contributed by atoms with E-state index in [0.717, 1.165) is 24.8 Å². The highest BCUT2D eigenvalue weighted by Crippen LogP contribution is 2.31. The van der Waals surface area contributed by atoms with E-state index < -0.39 is 0 Å². The van der Waals surface area contributed by atoms with E-state index >= 15 is 0 Å². The van der Waals surface area contributed by atoms with Crippen molar-refractivity contribution in [2.45, 2.75) is 31.9 Å². The lowest BCUT2D eigenvalue weighted by Crippen LogP contribution is -2.41. The Morgan fingerprint density at radius 3 is 2.93 bits per heavy atom. The van der Waals surface area contributed by atoms with Crippen molar-refractivity contribution in [3.63, 3.8) is 0 Å². The molecular weight excluding hydrogens is 222 g/mol. The maximum Gasteiger partial charge on any atom is 0.186 e. The lowest BCUT2D eigenvalue weighted by atomic mass is 9.95. The minimum absolute atomic E-state index is 0.0839. The summed E-state index contributed by atoms with van der Waals surface area (Å²) in [5.74, 6) is 0.663. The molecule has 0 radical (unpaired) electrons. The second kappa shape index (κ2) is 3.64. The van der Waals surface area contributed by atoms with Crippen LogP contribution >= 0.6 is 23.3 Å². The van der Waals surface area contributed by atoms with E-state index in [4.69, 9.17) is 16.3 Å². The van der Waals surface area contributed by atoms with Crippen molar-refractivity contribution in [2.24, 2.45) is 0 Å².